The number of H-pyrrole nitrogens is 1. The number of para-hydroxylation sites is 1. The minimum absolute atomic E-state index is 0.0322. The van der Waals surface area contributed by atoms with Crippen LogP contribution in [0, 0.1) is 6.92 Å². The Kier molecular flexibility index (Phi) is 6.67. The maximum Gasteiger partial charge on any atom is 0.123 e. The summed E-state index contributed by atoms with van der Waals surface area (Å²) in [5, 5.41) is 7.63. The molecule has 1 saturated heterocycles. The van der Waals surface area contributed by atoms with E-state index in [-0.39, 0.29) is 6.10 Å². The summed E-state index contributed by atoms with van der Waals surface area (Å²) in [7, 11) is 1.73. The molecule has 0 aliphatic carbocycles. The average Bonchev–Trinajstić information content (AvgIpc) is 3.25. The highest BCUT2D eigenvalue weighted by Gasteiger charge is 2.25. The quantitative estimate of drug-likeness (QED) is 0.613. The van der Waals surface area contributed by atoms with Gasteiger partial charge in [-0.3, -0.25) is 10.00 Å². The van der Waals surface area contributed by atoms with Gasteiger partial charge in [-0.25, -0.2) is 0 Å². The Morgan fingerprint density at radius 3 is 2.87 bits per heavy atom. The monoisotopic (exact) mass is 407 g/mol. The van der Waals surface area contributed by atoms with Gasteiger partial charge in [-0.05, 0) is 36.8 Å². The first-order valence-electron chi connectivity index (χ1n) is 10.4. The molecule has 6 heteroatoms. The van der Waals surface area contributed by atoms with Crippen molar-refractivity contribution < 1.29 is 14.2 Å². The predicted octanol–water partition coefficient (Wildman–Crippen LogP) is 3.92. The Morgan fingerprint density at radius 2 is 2.03 bits per heavy atom. The molecule has 3 aromatic rings. The van der Waals surface area contributed by atoms with Crippen LogP contribution < -0.4 is 9.47 Å². The first-order chi connectivity index (χ1) is 14.7. The zero-order valence-corrected chi connectivity index (χ0v) is 17.6. The highest BCUT2D eigenvalue weighted by Crippen LogP contribution is 2.26. The summed E-state index contributed by atoms with van der Waals surface area (Å²) < 4.78 is 17.4. The second-order valence-corrected chi connectivity index (χ2v) is 7.64. The topological polar surface area (TPSA) is 59.6 Å². The summed E-state index contributed by atoms with van der Waals surface area (Å²) in [5.74, 6) is 1.83. The van der Waals surface area contributed by atoms with Crippen LogP contribution in [0.2, 0.25) is 0 Å². The maximum atomic E-state index is 6.01. The zero-order chi connectivity index (χ0) is 20.8. The first-order valence-corrected chi connectivity index (χ1v) is 10.4. The second-order valence-electron chi connectivity index (χ2n) is 7.64. The van der Waals surface area contributed by atoms with Crippen LogP contribution in [0.15, 0.2) is 54.6 Å². The number of aryl methyl sites for hydroxylation is 1. The van der Waals surface area contributed by atoms with Crippen LogP contribution in [0.5, 0.6) is 11.5 Å². The third kappa shape index (κ3) is 5.20. The number of aromatic amines is 1. The summed E-state index contributed by atoms with van der Waals surface area (Å²) in [6.07, 6.45) is 0.744. The van der Waals surface area contributed by atoms with Crippen LogP contribution in [0.3, 0.4) is 0 Å². The molecule has 0 unspecified atom stereocenters. The highest BCUT2D eigenvalue weighted by molar-refractivity contribution is 5.37. The average molecular weight is 408 g/mol. The van der Waals surface area contributed by atoms with Crippen molar-refractivity contribution in [3.63, 3.8) is 0 Å². The van der Waals surface area contributed by atoms with E-state index in [4.69, 9.17) is 14.2 Å². The number of nitrogens with one attached hydrogen (secondary N) is 1. The van der Waals surface area contributed by atoms with Gasteiger partial charge in [0.2, 0.25) is 0 Å². The maximum absolute atomic E-state index is 6.01. The number of methoxy groups -OCH3 is 1. The number of rotatable bonds is 8. The van der Waals surface area contributed by atoms with Crippen molar-refractivity contribution in [2.45, 2.75) is 26.0 Å². The van der Waals surface area contributed by atoms with Gasteiger partial charge >= 0.3 is 0 Å². The fourth-order valence-corrected chi connectivity index (χ4v) is 3.72. The molecule has 30 heavy (non-hydrogen) atoms. The zero-order valence-electron chi connectivity index (χ0n) is 17.6. The molecule has 1 aliphatic heterocycles. The molecule has 0 spiro atoms. The van der Waals surface area contributed by atoms with E-state index in [9.17, 15) is 0 Å². The number of benzene rings is 2. The molecule has 1 N–H and O–H groups in total. The lowest BCUT2D eigenvalue weighted by Crippen LogP contribution is -2.38. The third-order valence-electron chi connectivity index (χ3n) is 5.35. The number of hydrogen-bond acceptors (Lipinski definition) is 5. The molecule has 158 valence electrons. The van der Waals surface area contributed by atoms with E-state index in [1.807, 2.05) is 30.3 Å². The van der Waals surface area contributed by atoms with Gasteiger partial charge in [-0.2, -0.15) is 5.10 Å². The summed E-state index contributed by atoms with van der Waals surface area (Å²) in [6, 6.07) is 18.3. The number of nitrogens with zero attached hydrogens (tertiary/aromatic N) is 2. The lowest BCUT2D eigenvalue weighted by atomic mass is 10.1. The molecule has 2 heterocycles. The van der Waals surface area contributed by atoms with Gasteiger partial charge < -0.3 is 14.2 Å². The van der Waals surface area contributed by atoms with Gasteiger partial charge in [-0.1, -0.05) is 30.3 Å². The fourth-order valence-electron chi connectivity index (χ4n) is 3.72. The van der Waals surface area contributed by atoms with Crippen LogP contribution in [0.4, 0.5) is 0 Å². The summed E-state index contributed by atoms with van der Waals surface area (Å²) in [6.45, 7) is 5.93. The fraction of sp³-hybridized carbons (Fsp3) is 0.375. The van der Waals surface area contributed by atoms with Crippen LogP contribution >= 0.6 is 0 Å². The summed E-state index contributed by atoms with van der Waals surface area (Å²) in [4.78, 5) is 2.40. The molecule has 4 rings (SSSR count). The largest absolute Gasteiger partial charge is 0.496 e. The normalized spacial score (nSPS) is 17.1. The number of morpholine rings is 1. The molecule has 0 saturated carbocycles. The van der Waals surface area contributed by atoms with Crippen LogP contribution in [-0.2, 0) is 17.7 Å². The van der Waals surface area contributed by atoms with E-state index in [0.29, 0.717) is 13.2 Å². The van der Waals surface area contributed by atoms with Gasteiger partial charge in [0.05, 0.1) is 26.0 Å². The third-order valence-corrected chi connectivity index (χ3v) is 5.35. The van der Waals surface area contributed by atoms with Crippen LogP contribution in [-0.4, -0.2) is 48.5 Å². The second kappa shape index (κ2) is 9.78. The molecule has 6 nitrogen and oxygen atoms in total. The van der Waals surface area contributed by atoms with Crippen molar-refractivity contribution >= 4 is 0 Å². The van der Waals surface area contributed by atoms with Crippen LogP contribution in [0.1, 0.15) is 28.6 Å². The molecule has 1 aromatic heterocycles. The van der Waals surface area contributed by atoms with Crippen molar-refractivity contribution in [2.75, 3.05) is 33.4 Å². The standard InChI is InChI=1S/C24H29N3O3/c1-18-8-9-19(23(14-18)28-2)16-27-11-13-30-24(17-27)22-15-20(25-26-22)10-12-29-21-6-4-3-5-7-21/h3-9,14-15,24H,10-13,16-17H2,1-2H3,(H,25,26)/t24-/m1/s1. The minimum Gasteiger partial charge on any atom is -0.496 e. The Morgan fingerprint density at radius 1 is 1.17 bits per heavy atom. The van der Waals surface area contributed by atoms with Gasteiger partial charge in [0, 0.05) is 37.3 Å². The smallest absolute Gasteiger partial charge is 0.123 e. The molecule has 1 aliphatic rings. The van der Waals surface area contributed by atoms with Gasteiger partial charge in [0.1, 0.15) is 17.6 Å². The SMILES string of the molecule is COc1cc(C)ccc1CN1CCO[C@@H](c2cc(CCOc3ccccc3)[nH]n2)C1. The van der Waals surface area contributed by atoms with Gasteiger partial charge in [-0.15, -0.1) is 0 Å². The van der Waals surface area contributed by atoms with E-state index in [1.54, 1.807) is 7.11 Å². The molecule has 0 amide bonds. The Bertz CT molecular complexity index is 942. The Labute approximate surface area is 177 Å². The van der Waals surface area contributed by atoms with Crippen molar-refractivity contribution in [3.05, 3.63) is 77.1 Å². The number of ether oxygens (including phenoxy) is 3. The predicted molar refractivity (Wildman–Crippen MR) is 116 cm³/mol. The van der Waals surface area contributed by atoms with E-state index in [0.717, 1.165) is 48.9 Å². The van der Waals surface area contributed by atoms with E-state index < -0.39 is 0 Å². The number of aromatic nitrogens is 2. The molecular weight excluding hydrogens is 378 g/mol. The molecular formula is C24H29N3O3. The molecule has 2 aromatic carbocycles. The van der Waals surface area contributed by atoms with Crippen LogP contribution in [0.25, 0.3) is 0 Å². The van der Waals surface area contributed by atoms with Gasteiger partial charge in [0.15, 0.2) is 0 Å². The summed E-state index contributed by atoms with van der Waals surface area (Å²) in [5.41, 5.74) is 4.41. The van der Waals surface area contributed by atoms with Crippen molar-refractivity contribution in [1.29, 1.82) is 0 Å². The molecule has 1 atom stereocenters. The van der Waals surface area contributed by atoms with Crippen molar-refractivity contribution in [1.82, 2.24) is 15.1 Å². The molecule has 0 radical (unpaired) electrons. The molecule has 0 bridgehead atoms. The summed E-state index contributed by atoms with van der Waals surface area (Å²) >= 11 is 0. The number of hydrogen-bond donors (Lipinski definition) is 1. The van der Waals surface area contributed by atoms with Gasteiger partial charge in [0.25, 0.3) is 0 Å². The van der Waals surface area contributed by atoms with E-state index >= 15 is 0 Å². The van der Waals surface area contributed by atoms with E-state index in [1.165, 1.54) is 11.1 Å². The van der Waals surface area contributed by atoms with Crippen molar-refractivity contribution in [3.8, 4) is 11.5 Å². The minimum atomic E-state index is -0.0322. The van der Waals surface area contributed by atoms with E-state index in [2.05, 4.69) is 46.3 Å². The Balaban J connectivity index is 1.32. The lowest BCUT2D eigenvalue weighted by molar-refractivity contribution is -0.0351. The lowest BCUT2D eigenvalue weighted by Gasteiger charge is -2.32. The Hall–Kier alpha value is -2.83. The van der Waals surface area contributed by atoms with Crippen molar-refractivity contribution in [2.24, 2.45) is 0 Å². The highest BCUT2D eigenvalue weighted by atomic mass is 16.5. The first kappa shape index (κ1) is 20.4. The molecule has 1 fully saturated rings.